The first-order valence-corrected chi connectivity index (χ1v) is 23.7. The molecular weight excluding hydrogens is 741 g/mol. The van der Waals surface area contributed by atoms with Gasteiger partial charge in [0.1, 0.15) is 6.61 Å². The second kappa shape index (κ2) is 49.4. The van der Waals surface area contributed by atoms with E-state index in [1.807, 2.05) is 6.08 Å². The first kappa shape index (κ1) is 56.0. The molecule has 1 unspecified atom stereocenters. The number of carbonyl (C=O) groups excluding carboxylic acids is 2. The van der Waals surface area contributed by atoms with Gasteiger partial charge in [0.15, 0.2) is 6.10 Å². The number of rotatable bonds is 41. The highest BCUT2D eigenvalue weighted by molar-refractivity contribution is 5.70. The minimum Gasteiger partial charge on any atom is -0.462 e. The lowest BCUT2D eigenvalue weighted by Crippen LogP contribution is -2.30. The molecule has 1 atom stereocenters. The summed E-state index contributed by atoms with van der Waals surface area (Å²) >= 11 is 0. The van der Waals surface area contributed by atoms with Crippen LogP contribution in [0, 0.1) is 0 Å². The van der Waals surface area contributed by atoms with Crippen LogP contribution in [0.5, 0.6) is 0 Å². The van der Waals surface area contributed by atoms with Crippen molar-refractivity contribution in [1.82, 2.24) is 0 Å². The molecule has 0 heterocycles. The van der Waals surface area contributed by atoms with E-state index >= 15 is 0 Å². The van der Waals surface area contributed by atoms with Gasteiger partial charge in [0.05, 0.1) is 6.61 Å². The molecule has 0 radical (unpaired) electrons. The van der Waals surface area contributed by atoms with Gasteiger partial charge in [0, 0.05) is 19.4 Å². The number of ether oxygens (including phenoxy) is 3. The average molecular weight is 827 g/mol. The van der Waals surface area contributed by atoms with Crippen molar-refractivity contribution in [2.75, 3.05) is 19.8 Å². The summed E-state index contributed by atoms with van der Waals surface area (Å²) in [6.45, 7) is 7.28. The highest BCUT2D eigenvalue weighted by Gasteiger charge is 2.17. The van der Waals surface area contributed by atoms with E-state index in [4.69, 9.17) is 14.2 Å². The van der Waals surface area contributed by atoms with Gasteiger partial charge in [0.2, 0.25) is 0 Å². The van der Waals surface area contributed by atoms with Crippen LogP contribution < -0.4 is 0 Å². The summed E-state index contributed by atoms with van der Waals surface area (Å²) in [4.78, 5) is 25.3. The molecule has 60 heavy (non-hydrogen) atoms. The van der Waals surface area contributed by atoms with Gasteiger partial charge in [-0.3, -0.25) is 9.59 Å². The second-order valence-corrected chi connectivity index (χ2v) is 14.9. The fraction of sp³-hybridized carbons (Fsp3) is 0.564. The fourth-order valence-corrected chi connectivity index (χ4v) is 5.76. The first-order chi connectivity index (χ1) is 29.6. The Bertz CT molecular complexity index is 1300. The van der Waals surface area contributed by atoms with Gasteiger partial charge in [-0.1, -0.05) is 180 Å². The SMILES string of the molecule is CC/C=C\C/C=C\C/C=C\C/C=C\CCCCCOCC(COC(=O)CCCCCCC/C=C\C/C=C\C/C=C\CC)OC(=O)CC/C=C\C/C=C\C/C=C\C/C=C\CC. The van der Waals surface area contributed by atoms with Crippen molar-refractivity contribution in [3.05, 3.63) is 134 Å². The number of esters is 2. The summed E-state index contributed by atoms with van der Waals surface area (Å²) in [5.41, 5.74) is 0. The second-order valence-electron chi connectivity index (χ2n) is 14.9. The monoisotopic (exact) mass is 827 g/mol. The van der Waals surface area contributed by atoms with Gasteiger partial charge in [-0.15, -0.1) is 0 Å². The van der Waals surface area contributed by atoms with Gasteiger partial charge in [-0.05, 0) is 116 Å². The van der Waals surface area contributed by atoms with Gasteiger partial charge >= 0.3 is 11.9 Å². The predicted octanol–water partition coefficient (Wildman–Crippen LogP) is 16.0. The molecule has 0 aliphatic carbocycles. The van der Waals surface area contributed by atoms with E-state index < -0.39 is 6.10 Å². The highest BCUT2D eigenvalue weighted by atomic mass is 16.6. The Morgan fingerprint density at radius 2 is 0.733 bits per heavy atom. The van der Waals surface area contributed by atoms with Gasteiger partial charge in [-0.25, -0.2) is 0 Å². The van der Waals surface area contributed by atoms with Gasteiger partial charge < -0.3 is 14.2 Å². The van der Waals surface area contributed by atoms with Crippen molar-refractivity contribution in [2.45, 2.75) is 181 Å². The molecule has 0 amide bonds. The van der Waals surface area contributed by atoms with Crippen LogP contribution in [-0.2, 0) is 23.8 Å². The molecule has 0 rings (SSSR count). The van der Waals surface area contributed by atoms with E-state index in [9.17, 15) is 9.59 Å². The fourth-order valence-electron chi connectivity index (χ4n) is 5.76. The van der Waals surface area contributed by atoms with Crippen LogP contribution in [0.4, 0.5) is 0 Å². The maximum atomic E-state index is 12.7. The average Bonchev–Trinajstić information content (AvgIpc) is 3.25. The third kappa shape index (κ3) is 46.7. The molecule has 5 heteroatoms. The Morgan fingerprint density at radius 3 is 1.18 bits per heavy atom. The molecule has 5 nitrogen and oxygen atoms in total. The zero-order valence-corrected chi connectivity index (χ0v) is 38.4. The summed E-state index contributed by atoms with van der Waals surface area (Å²) in [5, 5.41) is 0. The Balaban J connectivity index is 4.48. The Hall–Kier alpha value is -3.96. The number of hydrogen-bond donors (Lipinski definition) is 0. The third-order valence-electron chi connectivity index (χ3n) is 9.18. The standard InChI is InChI=1S/C55H86O5/c1-4-7-10-13-16-19-22-25-27-29-32-35-38-41-44-47-50-58-51-53(60-55(57)49-46-43-40-37-34-30-24-21-18-15-12-9-6-3)52-59-54(56)48-45-42-39-36-33-31-28-26-23-20-17-14-11-8-5-2/h7-12,16-21,25-28,30,32,34-35,40,43,53H,4-6,13-15,22-24,29,31,33,36-39,41-42,44-52H2,1-3H3/b10-7-,11-8-,12-9-,19-16-,20-17-,21-18-,27-25-,28-26-,34-30-,35-32-,43-40-. The number of allylic oxidation sites excluding steroid dienone is 22. The molecule has 0 fully saturated rings. The molecule has 0 bridgehead atoms. The largest absolute Gasteiger partial charge is 0.462 e. The lowest BCUT2D eigenvalue weighted by molar-refractivity contribution is -0.162. The van der Waals surface area contributed by atoms with Crippen LogP contribution in [-0.4, -0.2) is 37.9 Å². The summed E-state index contributed by atoms with van der Waals surface area (Å²) in [5.74, 6) is -0.543. The van der Waals surface area contributed by atoms with Crippen LogP contribution in [0.3, 0.4) is 0 Å². The Kier molecular flexibility index (Phi) is 46.1. The van der Waals surface area contributed by atoms with Crippen LogP contribution in [0.1, 0.15) is 175 Å². The minimum atomic E-state index is -0.607. The molecule has 0 spiro atoms. The van der Waals surface area contributed by atoms with Crippen LogP contribution in [0.2, 0.25) is 0 Å². The van der Waals surface area contributed by atoms with Crippen molar-refractivity contribution < 1.29 is 23.8 Å². The lowest BCUT2D eigenvalue weighted by Gasteiger charge is -2.18. The molecule has 0 saturated carbocycles. The highest BCUT2D eigenvalue weighted by Crippen LogP contribution is 2.10. The lowest BCUT2D eigenvalue weighted by atomic mass is 10.1. The quantitative estimate of drug-likeness (QED) is 0.0349. The summed E-state index contributed by atoms with van der Waals surface area (Å²) in [6, 6.07) is 0. The van der Waals surface area contributed by atoms with Gasteiger partial charge in [0.25, 0.3) is 0 Å². The zero-order chi connectivity index (χ0) is 43.5. The summed E-state index contributed by atoms with van der Waals surface area (Å²) in [7, 11) is 0. The maximum absolute atomic E-state index is 12.7. The molecule has 0 N–H and O–H groups in total. The van der Waals surface area contributed by atoms with Crippen LogP contribution in [0.25, 0.3) is 0 Å². The molecule has 0 aromatic carbocycles. The van der Waals surface area contributed by atoms with E-state index in [0.717, 1.165) is 128 Å². The zero-order valence-electron chi connectivity index (χ0n) is 38.4. The van der Waals surface area contributed by atoms with Crippen molar-refractivity contribution >= 4 is 11.9 Å². The van der Waals surface area contributed by atoms with E-state index in [-0.39, 0.29) is 31.6 Å². The van der Waals surface area contributed by atoms with Crippen molar-refractivity contribution in [3.63, 3.8) is 0 Å². The van der Waals surface area contributed by atoms with Crippen molar-refractivity contribution in [2.24, 2.45) is 0 Å². The third-order valence-corrected chi connectivity index (χ3v) is 9.18. The summed E-state index contributed by atoms with van der Waals surface area (Å²) < 4.78 is 17.2. The van der Waals surface area contributed by atoms with E-state index in [1.54, 1.807) is 0 Å². The predicted molar refractivity (Wildman–Crippen MR) is 260 cm³/mol. The van der Waals surface area contributed by atoms with Crippen LogP contribution in [0.15, 0.2) is 134 Å². The van der Waals surface area contributed by atoms with E-state index in [2.05, 4.69) is 148 Å². The van der Waals surface area contributed by atoms with E-state index in [0.29, 0.717) is 19.4 Å². The number of unbranched alkanes of at least 4 members (excludes halogenated alkanes) is 8. The molecule has 0 aliphatic heterocycles. The summed E-state index contributed by atoms with van der Waals surface area (Å²) in [6.07, 6.45) is 70.4. The topological polar surface area (TPSA) is 61.8 Å². The Morgan fingerprint density at radius 1 is 0.367 bits per heavy atom. The molecule has 0 aliphatic rings. The number of carbonyl (C=O) groups is 2. The maximum Gasteiger partial charge on any atom is 0.306 e. The van der Waals surface area contributed by atoms with Gasteiger partial charge in [-0.2, -0.15) is 0 Å². The van der Waals surface area contributed by atoms with Crippen LogP contribution >= 0.6 is 0 Å². The van der Waals surface area contributed by atoms with E-state index in [1.165, 1.54) is 6.42 Å². The van der Waals surface area contributed by atoms with Crippen molar-refractivity contribution in [3.8, 4) is 0 Å². The first-order valence-electron chi connectivity index (χ1n) is 23.7. The smallest absolute Gasteiger partial charge is 0.306 e. The molecular formula is C55H86O5. The molecule has 0 aromatic rings. The minimum absolute atomic E-state index is 0.0251. The molecule has 336 valence electrons. The normalized spacial score (nSPS) is 13.4. The Labute approximate surface area is 369 Å². The number of hydrogen-bond acceptors (Lipinski definition) is 5. The molecule has 0 saturated heterocycles. The van der Waals surface area contributed by atoms with Crippen molar-refractivity contribution in [1.29, 1.82) is 0 Å². The molecule has 0 aromatic heterocycles.